The Morgan fingerprint density at radius 2 is 0.577 bits per heavy atom. The van der Waals surface area contributed by atoms with E-state index < -0.39 is 11.6 Å². The number of nitriles is 3. The van der Waals surface area contributed by atoms with E-state index in [2.05, 4.69) is 180 Å². The summed E-state index contributed by atoms with van der Waals surface area (Å²) in [6.07, 6.45) is 21.4. The molecule has 142 heavy (non-hydrogen) atoms. The SMILES string of the molecule is Cc1ccccc1-c1cc(N)c2cnc(Nc3ccn([C@@H](C)C#N)n3)cc2c1.Cc1ccccc1-c1cc(N)c2cnc(Nc3ccn([C@H](C)C#N)n3)cc2c1.Cc1ccccc1-c1cc(N)c2cnc(Nc3cnn([C@@H](C)C#N)c3)cc2c1.[C-]#[N+][C@@H](C)n1cc(Nc2cc3cc(-c4ccccc4C)c(F)c(N)c3cn2)cn1.[C-]#[N+][C@H](C)n1cc(Nc2cc3cc(-c4ccccc4C)c(F)c(N)c3cn2)cn1. The lowest BCUT2D eigenvalue weighted by Crippen LogP contribution is -2.04. The van der Waals surface area contributed by atoms with Crippen LogP contribution in [0.3, 0.4) is 0 Å². The minimum Gasteiger partial charge on any atom is -0.398 e. The predicted molar refractivity (Wildman–Crippen MR) is 563 cm³/mol. The number of hydrogen-bond donors (Lipinski definition) is 10. The number of fused-ring (bicyclic) bond motifs is 5. The average molecular weight is 1880 g/mol. The second-order valence-electron chi connectivity index (χ2n) is 34.1. The molecule has 32 heteroatoms. The van der Waals surface area contributed by atoms with E-state index in [-0.39, 0.29) is 41.8 Å². The number of benzene rings is 10. The molecule has 0 unspecified atom stereocenters. The molecule has 10 heterocycles. The first-order valence-electron chi connectivity index (χ1n) is 45.2. The lowest BCUT2D eigenvalue weighted by Gasteiger charge is -2.13. The highest BCUT2D eigenvalue weighted by Gasteiger charge is 2.22. The zero-order valence-electron chi connectivity index (χ0n) is 79.2. The summed E-state index contributed by atoms with van der Waals surface area (Å²) < 4.78 is 37.9. The predicted octanol–water partition coefficient (Wildman–Crippen LogP) is 25.1. The number of nitrogens with two attached hydrogens (primary N) is 5. The van der Waals surface area contributed by atoms with Crippen LogP contribution in [0.25, 0.3) is 119 Å². The molecule has 0 aliphatic rings. The van der Waals surface area contributed by atoms with Crippen molar-refractivity contribution in [3.63, 3.8) is 0 Å². The monoisotopic (exact) mass is 1880 g/mol. The zero-order valence-corrected chi connectivity index (χ0v) is 79.2. The van der Waals surface area contributed by atoms with Crippen LogP contribution in [0.2, 0.25) is 0 Å². The van der Waals surface area contributed by atoms with Gasteiger partial charge in [-0.15, -0.1) is 0 Å². The zero-order chi connectivity index (χ0) is 100. The van der Waals surface area contributed by atoms with Crippen molar-refractivity contribution < 1.29 is 8.78 Å². The number of hydrogen-bond acceptors (Lipinski definition) is 23. The molecule has 10 aromatic heterocycles. The number of halogens is 2. The number of pyridine rings is 5. The van der Waals surface area contributed by atoms with Gasteiger partial charge in [0.1, 0.15) is 47.2 Å². The molecule has 0 spiro atoms. The molecule has 0 amide bonds. The second kappa shape index (κ2) is 42.3. The van der Waals surface area contributed by atoms with E-state index in [0.29, 0.717) is 91.1 Å². The smallest absolute Gasteiger partial charge is 0.313 e. The van der Waals surface area contributed by atoms with Crippen LogP contribution in [0.4, 0.5) is 95.0 Å². The van der Waals surface area contributed by atoms with Gasteiger partial charge in [0.2, 0.25) is 0 Å². The average Bonchev–Trinajstić information content (AvgIpc) is 0.834. The summed E-state index contributed by atoms with van der Waals surface area (Å²) in [5.74, 6) is 3.58. The fraction of sp³-hybridized carbons (Fsp3) is 0.136. The van der Waals surface area contributed by atoms with Crippen molar-refractivity contribution in [2.75, 3.05) is 55.3 Å². The molecule has 5 atom stereocenters. The van der Waals surface area contributed by atoms with Crippen LogP contribution in [0.5, 0.6) is 0 Å². The number of nitrogens with zero attached hydrogens (tertiary/aromatic N) is 20. The maximum Gasteiger partial charge on any atom is 0.313 e. The highest BCUT2D eigenvalue weighted by molar-refractivity contribution is 6.03. The Bertz CT molecular complexity index is 7710. The summed E-state index contributed by atoms with van der Waals surface area (Å²) in [4.78, 5) is 28.9. The van der Waals surface area contributed by atoms with Gasteiger partial charge in [-0.25, -0.2) is 46.8 Å². The van der Waals surface area contributed by atoms with E-state index >= 15 is 0 Å². The molecule has 702 valence electrons. The van der Waals surface area contributed by atoms with E-state index in [1.165, 1.54) is 16.7 Å². The Kier molecular flexibility index (Phi) is 28.5. The van der Waals surface area contributed by atoms with E-state index in [0.717, 1.165) is 104 Å². The number of anilines is 15. The third-order valence-corrected chi connectivity index (χ3v) is 24.1. The molecule has 0 fully saturated rings. The van der Waals surface area contributed by atoms with Gasteiger partial charge in [0, 0.05) is 131 Å². The lowest BCUT2D eigenvalue weighted by molar-refractivity contribution is 0.577. The molecule has 20 aromatic rings. The minimum atomic E-state index is -0.441. The van der Waals surface area contributed by atoms with Crippen molar-refractivity contribution in [3.05, 3.63) is 355 Å². The lowest BCUT2D eigenvalue weighted by atomic mass is 9.96. The first-order chi connectivity index (χ1) is 68.6. The van der Waals surface area contributed by atoms with Crippen molar-refractivity contribution >= 4 is 140 Å². The van der Waals surface area contributed by atoms with Crippen molar-refractivity contribution in [2.45, 2.75) is 99.7 Å². The minimum absolute atomic E-state index is 0.0819. The summed E-state index contributed by atoms with van der Waals surface area (Å²) in [6, 6.07) is 74.6. The topological polar surface area (TPSA) is 424 Å². The quantitative estimate of drug-likeness (QED) is 0.0250. The Hall–Kier alpha value is -19.4. The fourth-order valence-corrected chi connectivity index (χ4v) is 16.2. The third kappa shape index (κ3) is 21.5. The Morgan fingerprint density at radius 1 is 0.310 bits per heavy atom. The summed E-state index contributed by atoms with van der Waals surface area (Å²) in [5, 5.41) is 72.7. The van der Waals surface area contributed by atoms with Crippen molar-refractivity contribution in [3.8, 4) is 73.8 Å². The van der Waals surface area contributed by atoms with E-state index in [1.807, 2.05) is 159 Å². The molecule has 0 saturated carbocycles. The van der Waals surface area contributed by atoms with Crippen LogP contribution in [-0.2, 0) is 0 Å². The Labute approximate surface area is 817 Å². The highest BCUT2D eigenvalue weighted by Crippen LogP contribution is 2.41. The number of rotatable bonds is 20. The molecule has 20 rings (SSSR count). The second-order valence-corrected chi connectivity index (χ2v) is 34.1. The third-order valence-electron chi connectivity index (χ3n) is 24.1. The molecular formula is C110H98F2N30. The van der Waals surface area contributed by atoms with Gasteiger partial charge in [0.15, 0.2) is 23.3 Å². The summed E-state index contributed by atoms with van der Waals surface area (Å²) >= 11 is 0. The van der Waals surface area contributed by atoms with Gasteiger partial charge >= 0.3 is 12.3 Å². The molecule has 0 aliphatic heterocycles. The highest BCUT2D eigenvalue weighted by atomic mass is 19.1. The van der Waals surface area contributed by atoms with Crippen molar-refractivity contribution in [1.82, 2.24) is 73.8 Å². The number of nitrogen functional groups attached to an aromatic ring is 5. The van der Waals surface area contributed by atoms with Crippen LogP contribution in [-0.4, -0.2) is 73.8 Å². The van der Waals surface area contributed by atoms with E-state index in [9.17, 15) is 8.78 Å². The standard InChI is InChI=1S/2C22H19FN6.3C22H20N6/c2*1-13-6-4-5-7-17(13)18-8-15-9-20(26-11-19(15)22(24)21(18)23)28-16-10-27-29(12-16)14(2)25-3;1-14-5-3-4-6-19(14)16-7-17-9-22(25-12-20(17)21(24)8-16)27-18-11-26-28(13-18)15(2)10-23;2*1-14-5-3-4-6-18(14)16-9-17-11-22(25-13-19(17)20(24)10-16)26-21-7-8-28(27-21)15(2)12-23/h2*4-12,14H,24H2,1-2H3,(H,26,28);3-9,11-13,15H,24H2,1-2H3,(H,25,27);2*3-11,13,15H,24H2,1-2H3,(H,25,26,27)/t2*14-;3*15-/m10010/s1. The Balaban J connectivity index is 0.000000128. The molecule has 0 saturated heterocycles. The molecule has 30 nitrogen and oxygen atoms in total. The molecule has 0 aliphatic carbocycles. The molecule has 15 N–H and O–H groups in total. The number of nitrogens with one attached hydrogen (secondary N) is 5. The largest absolute Gasteiger partial charge is 0.398 e. The van der Waals surface area contributed by atoms with Crippen molar-refractivity contribution in [2.24, 2.45) is 0 Å². The van der Waals surface area contributed by atoms with Gasteiger partial charge in [-0.2, -0.15) is 50.6 Å². The first-order valence-corrected chi connectivity index (χ1v) is 45.2. The van der Waals surface area contributed by atoms with Crippen molar-refractivity contribution in [1.29, 1.82) is 15.8 Å². The van der Waals surface area contributed by atoms with Crippen LogP contribution in [0, 0.1) is 93.4 Å². The summed E-state index contributed by atoms with van der Waals surface area (Å²) in [5.41, 5.74) is 50.3. The molecule has 0 radical (unpaired) electrons. The summed E-state index contributed by atoms with van der Waals surface area (Å²) in [6.45, 7) is 33.3. The molecule has 0 bridgehead atoms. The maximum atomic E-state index is 15.0. The maximum absolute atomic E-state index is 15.0. The van der Waals surface area contributed by atoms with Crippen LogP contribution in [0.15, 0.2) is 293 Å². The van der Waals surface area contributed by atoms with Gasteiger partial charge in [-0.05, 0) is 234 Å². The van der Waals surface area contributed by atoms with Gasteiger partial charge in [0.05, 0.1) is 77.6 Å². The van der Waals surface area contributed by atoms with E-state index in [4.69, 9.17) is 57.6 Å². The molecule has 10 aromatic carbocycles. The van der Waals surface area contributed by atoms with E-state index in [1.54, 1.807) is 151 Å². The van der Waals surface area contributed by atoms with Gasteiger partial charge in [0.25, 0.3) is 0 Å². The van der Waals surface area contributed by atoms with Gasteiger partial charge in [-0.3, -0.25) is 23.7 Å². The van der Waals surface area contributed by atoms with Crippen LogP contribution in [0.1, 0.15) is 92.9 Å². The Morgan fingerprint density at radius 3 is 0.880 bits per heavy atom. The number of aryl methyl sites for hydroxylation is 5. The van der Waals surface area contributed by atoms with Crippen LogP contribution < -0.4 is 55.3 Å². The van der Waals surface area contributed by atoms with Gasteiger partial charge in [-0.1, -0.05) is 121 Å². The normalized spacial score (nSPS) is 11.9. The summed E-state index contributed by atoms with van der Waals surface area (Å²) in [7, 11) is 0. The van der Waals surface area contributed by atoms with Crippen LogP contribution >= 0.6 is 0 Å². The fourth-order valence-electron chi connectivity index (χ4n) is 16.2. The first kappa shape index (κ1) is 95.8. The number of aromatic nitrogens is 15. The molecular weight excluding hydrogens is 1780 g/mol. The van der Waals surface area contributed by atoms with Gasteiger partial charge < -0.3 is 55.3 Å².